The summed E-state index contributed by atoms with van der Waals surface area (Å²) in [6.45, 7) is 0. The molecule has 0 bridgehead atoms. The molecule has 0 radical (unpaired) electrons. The van der Waals surface area contributed by atoms with Crippen LogP contribution in [0.3, 0.4) is 0 Å². The van der Waals surface area contributed by atoms with Crippen molar-refractivity contribution < 1.29 is 14.8 Å². The maximum atomic E-state index is 11.7. The minimum Gasteiger partial charge on any atom is -0.508 e. The summed E-state index contributed by atoms with van der Waals surface area (Å²) in [7, 11) is 0. The van der Waals surface area contributed by atoms with Crippen molar-refractivity contribution in [3.05, 3.63) is 69.8 Å². The molecule has 22 heavy (non-hydrogen) atoms. The number of nitro benzene ring substituents is 1. The Kier molecular flexibility index (Phi) is 4.81. The minimum atomic E-state index is -0.591. The van der Waals surface area contributed by atoms with E-state index in [1.807, 2.05) is 30.3 Å². The van der Waals surface area contributed by atoms with Gasteiger partial charge in [0.05, 0.1) is 23.1 Å². The van der Waals surface area contributed by atoms with Gasteiger partial charge in [-0.25, -0.2) is 5.43 Å². The summed E-state index contributed by atoms with van der Waals surface area (Å²) < 4.78 is 0. The third-order valence-electron chi connectivity index (χ3n) is 2.81. The summed E-state index contributed by atoms with van der Waals surface area (Å²) in [5, 5.41) is 23.9. The first kappa shape index (κ1) is 15.2. The second-order valence-electron chi connectivity index (χ2n) is 4.46. The quantitative estimate of drug-likeness (QED) is 0.500. The monoisotopic (exact) mass is 299 g/mol. The van der Waals surface area contributed by atoms with Crippen LogP contribution >= 0.6 is 0 Å². The number of rotatable bonds is 5. The molecular formula is C15H13N3O4. The Morgan fingerprint density at radius 1 is 1.27 bits per heavy atom. The number of hydrogen-bond donors (Lipinski definition) is 2. The van der Waals surface area contributed by atoms with E-state index < -0.39 is 4.92 Å². The van der Waals surface area contributed by atoms with Crippen LogP contribution in [-0.2, 0) is 11.2 Å². The number of phenols is 1. The molecule has 0 atom stereocenters. The van der Waals surface area contributed by atoms with Gasteiger partial charge in [0.1, 0.15) is 5.75 Å². The molecule has 0 aromatic heterocycles. The Hall–Kier alpha value is -3.22. The Morgan fingerprint density at radius 2 is 2.00 bits per heavy atom. The second kappa shape index (κ2) is 6.98. The standard InChI is InChI=1S/C15H13N3O4/c19-13-6-7-14(18(21)22)12(9-13)10-16-17-15(20)8-11-4-2-1-3-5-11/h1-7,9-10,19H,8H2,(H,17,20)/b16-10+. The van der Waals surface area contributed by atoms with Gasteiger partial charge in [0, 0.05) is 6.07 Å². The fourth-order valence-corrected chi connectivity index (χ4v) is 1.81. The van der Waals surface area contributed by atoms with Crippen molar-refractivity contribution in [3.8, 4) is 5.75 Å². The Bertz CT molecular complexity index is 714. The van der Waals surface area contributed by atoms with Crippen molar-refractivity contribution in [2.24, 2.45) is 5.10 Å². The molecule has 0 saturated carbocycles. The predicted molar refractivity (Wildman–Crippen MR) is 80.6 cm³/mol. The zero-order valence-electron chi connectivity index (χ0n) is 11.5. The van der Waals surface area contributed by atoms with Gasteiger partial charge in [0.15, 0.2) is 0 Å². The molecule has 1 amide bonds. The average molecular weight is 299 g/mol. The lowest BCUT2D eigenvalue weighted by Crippen LogP contribution is -2.19. The number of amides is 1. The van der Waals surface area contributed by atoms with Crippen LogP contribution in [0.5, 0.6) is 5.75 Å². The zero-order chi connectivity index (χ0) is 15.9. The lowest BCUT2D eigenvalue weighted by molar-refractivity contribution is -0.385. The van der Waals surface area contributed by atoms with Gasteiger partial charge >= 0.3 is 0 Å². The van der Waals surface area contributed by atoms with Crippen LogP contribution in [0, 0.1) is 10.1 Å². The molecule has 0 unspecified atom stereocenters. The number of nitro groups is 1. The van der Waals surface area contributed by atoms with E-state index >= 15 is 0 Å². The molecule has 0 spiro atoms. The number of benzene rings is 2. The Balaban J connectivity index is 2.02. The summed E-state index contributed by atoms with van der Waals surface area (Å²) in [5.41, 5.74) is 3.02. The highest BCUT2D eigenvalue weighted by Crippen LogP contribution is 2.21. The average Bonchev–Trinajstić information content (AvgIpc) is 2.48. The van der Waals surface area contributed by atoms with E-state index in [9.17, 15) is 20.0 Å². The maximum absolute atomic E-state index is 11.7. The van der Waals surface area contributed by atoms with Gasteiger partial charge in [-0.3, -0.25) is 14.9 Å². The summed E-state index contributed by atoms with van der Waals surface area (Å²) in [5.74, 6) is -0.465. The molecule has 0 aliphatic rings. The lowest BCUT2D eigenvalue weighted by atomic mass is 10.1. The van der Waals surface area contributed by atoms with Crippen molar-refractivity contribution in [2.75, 3.05) is 0 Å². The highest BCUT2D eigenvalue weighted by molar-refractivity contribution is 5.87. The molecular weight excluding hydrogens is 286 g/mol. The van der Waals surface area contributed by atoms with Crippen LogP contribution < -0.4 is 5.43 Å². The Labute approximate surface area is 126 Å². The van der Waals surface area contributed by atoms with Crippen LogP contribution in [-0.4, -0.2) is 22.2 Å². The third kappa shape index (κ3) is 4.14. The van der Waals surface area contributed by atoms with E-state index in [0.29, 0.717) is 0 Å². The predicted octanol–water partition coefficient (Wildman–Crippen LogP) is 1.99. The van der Waals surface area contributed by atoms with Gasteiger partial charge in [-0.05, 0) is 17.7 Å². The molecule has 112 valence electrons. The van der Waals surface area contributed by atoms with Gasteiger partial charge in [0.25, 0.3) is 5.69 Å². The van der Waals surface area contributed by atoms with Gasteiger partial charge in [-0.1, -0.05) is 30.3 Å². The largest absolute Gasteiger partial charge is 0.508 e. The van der Waals surface area contributed by atoms with Gasteiger partial charge in [-0.2, -0.15) is 5.10 Å². The molecule has 0 saturated heterocycles. The number of carbonyl (C=O) groups is 1. The molecule has 0 aliphatic heterocycles. The molecule has 2 aromatic carbocycles. The van der Waals surface area contributed by atoms with E-state index in [0.717, 1.165) is 11.8 Å². The van der Waals surface area contributed by atoms with Crippen molar-refractivity contribution in [2.45, 2.75) is 6.42 Å². The SMILES string of the molecule is O=C(Cc1ccccc1)N/N=C/c1cc(O)ccc1[N+](=O)[O-]. The first-order chi connectivity index (χ1) is 10.6. The zero-order valence-corrected chi connectivity index (χ0v) is 11.5. The summed E-state index contributed by atoms with van der Waals surface area (Å²) >= 11 is 0. The molecule has 7 nitrogen and oxygen atoms in total. The number of carbonyl (C=O) groups excluding carboxylic acids is 1. The second-order valence-corrected chi connectivity index (χ2v) is 4.46. The maximum Gasteiger partial charge on any atom is 0.278 e. The van der Waals surface area contributed by atoms with Gasteiger partial charge < -0.3 is 5.11 Å². The first-order valence-electron chi connectivity index (χ1n) is 6.39. The van der Waals surface area contributed by atoms with Crippen molar-refractivity contribution in [1.29, 1.82) is 0 Å². The van der Waals surface area contributed by atoms with Crippen LogP contribution in [0.25, 0.3) is 0 Å². The smallest absolute Gasteiger partial charge is 0.278 e. The van der Waals surface area contributed by atoms with E-state index in [1.54, 1.807) is 0 Å². The van der Waals surface area contributed by atoms with Crippen molar-refractivity contribution >= 4 is 17.8 Å². The number of hydrazone groups is 1. The van der Waals surface area contributed by atoms with Crippen LogP contribution in [0.1, 0.15) is 11.1 Å². The van der Waals surface area contributed by atoms with Crippen LogP contribution in [0.15, 0.2) is 53.6 Å². The fraction of sp³-hybridized carbons (Fsp3) is 0.0667. The number of nitrogens with zero attached hydrogens (tertiary/aromatic N) is 2. The lowest BCUT2D eigenvalue weighted by Gasteiger charge is -2.01. The van der Waals surface area contributed by atoms with E-state index in [1.165, 1.54) is 18.2 Å². The Morgan fingerprint density at radius 3 is 2.68 bits per heavy atom. The molecule has 0 aliphatic carbocycles. The van der Waals surface area contributed by atoms with Crippen molar-refractivity contribution in [3.63, 3.8) is 0 Å². The number of aromatic hydroxyl groups is 1. The normalized spacial score (nSPS) is 10.5. The van der Waals surface area contributed by atoms with Gasteiger partial charge in [0.2, 0.25) is 5.91 Å². The number of hydrogen-bond acceptors (Lipinski definition) is 5. The van der Waals surface area contributed by atoms with Crippen LogP contribution in [0.4, 0.5) is 5.69 Å². The molecule has 0 fully saturated rings. The number of nitrogens with one attached hydrogen (secondary N) is 1. The van der Waals surface area contributed by atoms with E-state index in [2.05, 4.69) is 10.5 Å². The summed E-state index contributed by atoms with van der Waals surface area (Å²) in [6.07, 6.45) is 1.28. The highest BCUT2D eigenvalue weighted by Gasteiger charge is 2.12. The summed E-state index contributed by atoms with van der Waals surface area (Å²) in [6, 6.07) is 12.7. The molecule has 2 aromatic rings. The molecule has 2 rings (SSSR count). The van der Waals surface area contributed by atoms with Crippen molar-refractivity contribution in [1.82, 2.24) is 5.43 Å². The summed E-state index contributed by atoms with van der Waals surface area (Å²) in [4.78, 5) is 21.9. The molecule has 2 N–H and O–H groups in total. The van der Waals surface area contributed by atoms with E-state index in [-0.39, 0.29) is 29.3 Å². The van der Waals surface area contributed by atoms with Gasteiger partial charge in [-0.15, -0.1) is 0 Å². The minimum absolute atomic E-state index is 0.102. The first-order valence-corrected chi connectivity index (χ1v) is 6.39. The topological polar surface area (TPSA) is 105 Å². The fourth-order valence-electron chi connectivity index (χ4n) is 1.81. The molecule has 7 heteroatoms. The number of phenolic OH excluding ortho intramolecular Hbond substituents is 1. The highest BCUT2D eigenvalue weighted by atomic mass is 16.6. The third-order valence-corrected chi connectivity index (χ3v) is 2.81. The van der Waals surface area contributed by atoms with E-state index in [4.69, 9.17) is 0 Å². The molecule has 0 heterocycles. The van der Waals surface area contributed by atoms with Crippen LogP contribution in [0.2, 0.25) is 0 Å².